The van der Waals surface area contributed by atoms with Crippen molar-refractivity contribution in [2.45, 2.75) is 26.3 Å². The number of hydrogen-bond donors (Lipinski definition) is 1. The second kappa shape index (κ2) is 7.57. The van der Waals surface area contributed by atoms with E-state index >= 15 is 0 Å². The average Bonchev–Trinajstić information content (AvgIpc) is 2.42. The summed E-state index contributed by atoms with van der Waals surface area (Å²) in [4.78, 5) is 0. The Morgan fingerprint density at radius 1 is 1.39 bits per heavy atom. The van der Waals surface area contributed by atoms with Gasteiger partial charge < -0.3 is 14.8 Å². The van der Waals surface area contributed by atoms with E-state index in [-0.39, 0.29) is 12.6 Å². The van der Waals surface area contributed by atoms with Crippen LogP contribution in [-0.2, 0) is 0 Å². The summed E-state index contributed by atoms with van der Waals surface area (Å²) in [5, 5.41) is 11.9. The molecule has 1 atom stereocenters. The predicted molar refractivity (Wildman–Crippen MR) is 70.8 cm³/mol. The molecule has 1 unspecified atom stereocenters. The highest BCUT2D eigenvalue weighted by atomic mass is 16.5. The molecule has 0 saturated heterocycles. The van der Waals surface area contributed by atoms with E-state index in [9.17, 15) is 0 Å². The first-order valence-electron chi connectivity index (χ1n) is 6.14. The minimum atomic E-state index is 0.0271. The fraction of sp³-hybridized carbons (Fsp3) is 0.500. The van der Waals surface area contributed by atoms with E-state index in [1.807, 2.05) is 24.3 Å². The summed E-state index contributed by atoms with van der Waals surface area (Å²) in [6.45, 7) is 5.26. The normalized spacial score (nSPS) is 11.7. The predicted octanol–water partition coefficient (Wildman–Crippen LogP) is 2.66. The molecule has 98 valence electrons. The third kappa shape index (κ3) is 3.94. The smallest absolute Gasteiger partial charge is 0.174 e. The lowest BCUT2D eigenvalue weighted by atomic mass is 10.1. The Kier molecular flexibility index (Phi) is 6.03. The van der Waals surface area contributed by atoms with Crippen molar-refractivity contribution in [3.63, 3.8) is 0 Å². The second-order valence-corrected chi connectivity index (χ2v) is 4.03. The van der Waals surface area contributed by atoms with Gasteiger partial charge in [-0.2, -0.15) is 5.26 Å². The SMILES string of the molecule is CCCNC(C)c1ccc(OCC#N)c(OC)c1. The molecule has 1 rings (SSSR count). The number of nitriles is 1. The van der Waals surface area contributed by atoms with Gasteiger partial charge in [-0.25, -0.2) is 0 Å². The van der Waals surface area contributed by atoms with Crippen molar-refractivity contribution in [3.05, 3.63) is 23.8 Å². The van der Waals surface area contributed by atoms with Crippen molar-refractivity contribution in [2.75, 3.05) is 20.3 Å². The van der Waals surface area contributed by atoms with E-state index in [0.717, 1.165) is 18.5 Å². The maximum absolute atomic E-state index is 8.51. The Labute approximate surface area is 109 Å². The molecular formula is C14H20N2O2. The Morgan fingerprint density at radius 3 is 2.78 bits per heavy atom. The van der Waals surface area contributed by atoms with Crippen LogP contribution in [0.3, 0.4) is 0 Å². The molecule has 0 spiro atoms. The van der Waals surface area contributed by atoms with E-state index in [2.05, 4.69) is 19.2 Å². The van der Waals surface area contributed by atoms with Crippen LogP contribution in [0.1, 0.15) is 31.9 Å². The molecule has 0 amide bonds. The monoisotopic (exact) mass is 248 g/mol. The zero-order valence-corrected chi connectivity index (χ0v) is 11.2. The van der Waals surface area contributed by atoms with Gasteiger partial charge in [0, 0.05) is 6.04 Å². The first-order valence-corrected chi connectivity index (χ1v) is 6.14. The van der Waals surface area contributed by atoms with Crippen LogP contribution in [0.5, 0.6) is 11.5 Å². The number of nitrogens with one attached hydrogen (secondary N) is 1. The molecule has 0 aliphatic carbocycles. The zero-order chi connectivity index (χ0) is 13.4. The van der Waals surface area contributed by atoms with E-state index < -0.39 is 0 Å². The zero-order valence-electron chi connectivity index (χ0n) is 11.2. The number of methoxy groups -OCH3 is 1. The molecule has 0 radical (unpaired) electrons. The highest BCUT2D eigenvalue weighted by Crippen LogP contribution is 2.30. The van der Waals surface area contributed by atoms with Crippen molar-refractivity contribution < 1.29 is 9.47 Å². The van der Waals surface area contributed by atoms with Crippen molar-refractivity contribution in [1.29, 1.82) is 5.26 Å². The summed E-state index contributed by atoms with van der Waals surface area (Å²) in [6, 6.07) is 7.99. The lowest BCUT2D eigenvalue weighted by Gasteiger charge is -2.16. The highest BCUT2D eigenvalue weighted by molar-refractivity contribution is 5.43. The van der Waals surface area contributed by atoms with Crippen LogP contribution in [0.2, 0.25) is 0 Å². The fourth-order valence-corrected chi connectivity index (χ4v) is 1.66. The van der Waals surface area contributed by atoms with Gasteiger partial charge in [0.2, 0.25) is 0 Å². The number of ether oxygens (including phenoxy) is 2. The molecule has 1 aromatic carbocycles. The van der Waals surface area contributed by atoms with E-state index in [0.29, 0.717) is 11.5 Å². The molecule has 0 saturated carbocycles. The molecule has 4 heteroatoms. The lowest BCUT2D eigenvalue weighted by Crippen LogP contribution is -2.19. The van der Waals surface area contributed by atoms with Gasteiger partial charge in [0.25, 0.3) is 0 Å². The molecule has 0 aromatic heterocycles. The Balaban J connectivity index is 2.81. The van der Waals surface area contributed by atoms with Gasteiger partial charge in [0.15, 0.2) is 18.1 Å². The molecule has 0 aliphatic heterocycles. The lowest BCUT2D eigenvalue weighted by molar-refractivity contribution is 0.329. The molecule has 0 fully saturated rings. The van der Waals surface area contributed by atoms with Crippen molar-refractivity contribution in [1.82, 2.24) is 5.32 Å². The molecular weight excluding hydrogens is 228 g/mol. The van der Waals surface area contributed by atoms with Crippen molar-refractivity contribution in [3.8, 4) is 17.6 Å². The Bertz CT molecular complexity index is 413. The molecule has 1 aromatic rings. The Hall–Kier alpha value is -1.73. The minimum absolute atomic E-state index is 0.0271. The van der Waals surface area contributed by atoms with Gasteiger partial charge in [-0.15, -0.1) is 0 Å². The summed E-state index contributed by atoms with van der Waals surface area (Å²) in [5.74, 6) is 1.26. The molecule has 18 heavy (non-hydrogen) atoms. The molecule has 0 bridgehead atoms. The second-order valence-electron chi connectivity index (χ2n) is 4.03. The van der Waals surface area contributed by atoms with E-state index in [1.54, 1.807) is 7.11 Å². The third-order valence-corrected chi connectivity index (χ3v) is 2.68. The van der Waals surface area contributed by atoms with Gasteiger partial charge in [0.1, 0.15) is 6.07 Å². The number of rotatable bonds is 7. The number of benzene rings is 1. The summed E-state index contributed by atoms with van der Waals surface area (Å²) in [5.41, 5.74) is 1.14. The van der Waals surface area contributed by atoms with Crippen LogP contribution in [0, 0.1) is 11.3 Å². The highest BCUT2D eigenvalue weighted by Gasteiger charge is 2.09. The average molecular weight is 248 g/mol. The van der Waals surface area contributed by atoms with Gasteiger partial charge in [-0.05, 0) is 37.6 Å². The van der Waals surface area contributed by atoms with Gasteiger partial charge in [-0.1, -0.05) is 13.0 Å². The molecule has 1 N–H and O–H groups in total. The van der Waals surface area contributed by atoms with Gasteiger partial charge >= 0.3 is 0 Å². The summed E-state index contributed by atoms with van der Waals surface area (Å²) < 4.78 is 10.6. The van der Waals surface area contributed by atoms with Crippen molar-refractivity contribution >= 4 is 0 Å². The van der Waals surface area contributed by atoms with E-state index in [1.165, 1.54) is 0 Å². The van der Waals surface area contributed by atoms with Gasteiger partial charge in [0.05, 0.1) is 7.11 Å². The summed E-state index contributed by atoms with van der Waals surface area (Å²) >= 11 is 0. The minimum Gasteiger partial charge on any atom is -0.493 e. The van der Waals surface area contributed by atoms with E-state index in [4.69, 9.17) is 14.7 Å². The molecule has 0 aliphatic rings. The fourth-order valence-electron chi connectivity index (χ4n) is 1.66. The first-order chi connectivity index (χ1) is 8.72. The number of hydrogen-bond acceptors (Lipinski definition) is 4. The topological polar surface area (TPSA) is 54.3 Å². The first kappa shape index (κ1) is 14.3. The number of nitrogens with zero attached hydrogens (tertiary/aromatic N) is 1. The van der Waals surface area contributed by atoms with Crippen LogP contribution in [0.4, 0.5) is 0 Å². The van der Waals surface area contributed by atoms with Gasteiger partial charge in [-0.3, -0.25) is 0 Å². The summed E-state index contributed by atoms with van der Waals surface area (Å²) in [7, 11) is 1.60. The maximum Gasteiger partial charge on any atom is 0.174 e. The van der Waals surface area contributed by atoms with Crippen LogP contribution >= 0.6 is 0 Å². The quantitative estimate of drug-likeness (QED) is 0.806. The van der Waals surface area contributed by atoms with Crippen LogP contribution in [0.15, 0.2) is 18.2 Å². The van der Waals surface area contributed by atoms with Crippen LogP contribution in [0.25, 0.3) is 0 Å². The standard InChI is InChI=1S/C14H20N2O2/c1-4-8-16-11(2)12-5-6-13(18-9-7-15)14(10-12)17-3/h5-6,10-11,16H,4,8-9H2,1-3H3. The molecule has 0 heterocycles. The van der Waals surface area contributed by atoms with Crippen molar-refractivity contribution in [2.24, 2.45) is 0 Å². The largest absolute Gasteiger partial charge is 0.493 e. The van der Waals surface area contributed by atoms with Crippen LogP contribution in [-0.4, -0.2) is 20.3 Å². The third-order valence-electron chi connectivity index (χ3n) is 2.68. The summed E-state index contributed by atoms with van der Waals surface area (Å²) in [6.07, 6.45) is 1.10. The molecule has 4 nitrogen and oxygen atoms in total. The maximum atomic E-state index is 8.51. The Morgan fingerprint density at radius 2 is 2.17 bits per heavy atom. The van der Waals surface area contributed by atoms with Crippen LogP contribution < -0.4 is 14.8 Å².